The second-order valence-corrected chi connectivity index (χ2v) is 4.27. The quantitative estimate of drug-likeness (QED) is 0.797. The third-order valence-corrected chi connectivity index (χ3v) is 2.85. The lowest BCUT2D eigenvalue weighted by molar-refractivity contribution is 0.110. The van der Waals surface area contributed by atoms with E-state index in [1.54, 1.807) is 12.3 Å². The van der Waals surface area contributed by atoms with Gasteiger partial charge in [0, 0.05) is 43.2 Å². The second kappa shape index (κ2) is 5.27. The highest BCUT2D eigenvalue weighted by Crippen LogP contribution is 2.10. The molecule has 1 fully saturated rings. The van der Waals surface area contributed by atoms with E-state index in [1.807, 2.05) is 6.92 Å². The summed E-state index contributed by atoms with van der Waals surface area (Å²) in [6.45, 7) is 4.19. The number of hydrogen-bond donors (Lipinski definition) is 2. The van der Waals surface area contributed by atoms with Crippen LogP contribution in [0, 0.1) is 6.92 Å². The molecule has 1 saturated heterocycles. The lowest BCUT2D eigenvalue weighted by Gasteiger charge is -2.10. The number of aromatic amines is 1. The Kier molecular flexibility index (Phi) is 3.74. The van der Waals surface area contributed by atoms with Gasteiger partial charge in [-0.3, -0.25) is 4.79 Å². The maximum absolute atomic E-state index is 11.6. The zero-order chi connectivity index (χ0) is 11.4. The Hall–Kier alpha value is -1.13. The number of ether oxygens (including phenoxy) is 1. The highest BCUT2D eigenvalue weighted by atomic mass is 16.5. The maximum Gasteiger partial charge on any atom is 0.186 e. The Labute approximate surface area is 95.0 Å². The number of aromatic nitrogens is 1. The Morgan fingerprint density at radius 2 is 2.50 bits per heavy atom. The Morgan fingerprint density at radius 1 is 1.62 bits per heavy atom. The van der Waals surface area contributed by atoms with E-state index in [9.17, 15) is 4.79 Å². The van der Waals surface area contributed by atoms with Gasteiger partial charge in [-0.1, -0.05) is 0 Å². The van der Waals surface area contributed by atoms with Crippen molar-refractivity contribution in [1.29, 1.82) is 0 Å². The van der Waals surface area contributed by atoms with E-state index < -0.39 is 0 Å². The number of nitrogens with one attached hydrogen (secondary N) is 2. The summed E-state index contributed by atoms with van der Waals surface area (Å²) in [5.41, 5.74) is 1.77. The van der Waals surface area contributed by atoms with Gasteiger partial charge in [-0.05, 0) is 19.8 Å². The molecule has 4 heteroatoms. The molecule has 0 bridgehead atoms. The predicted molar refractivity (Wildman–Crippen MR) is 62.5 cm³/mol. The minimum Gasteiger partial charge on any atom is -0.377 e. The Balaban J connectivity index is 1.82. The fourth-order valence-corrected chi connectivity index (χ4v) is 1.91. The van der Waals surface area contributed by atoms with Crippen molar-refractivity contribution in [2.75, 3.05) is 13.2 Å². The molecule has 0 aromatic carbocycles. The summed E-state index contributed by atoms with van der Waals surface area (Å²) in [6, 6.07) is 1.63. The lowest BCUT2D eigenvalue weighted by Crippen LogP contribution is -2.28. The number of aryl methyl sites for hydroxylation is 1. The third-order valence-electron chi connectivity index (χ3n) is 2.85. The fraction of sp³-hybridized carbons (Fsp3) is 0.583. The second-order valence-electron chi connectivity index (χ2n) is 4.27. The molecule has 1 aliphatic rings. The predicted octanol–water partition coefficient (Wildman–Crippen LogP) is 0.952. The van der Waals surface area contributed by atoms with E-state index in [1.165, 1.54) is 0 Å². The molecule has 0 radical (unpaired) electrons. The van der Waals surface area contributed by atoms with Crippen LogP contribution in [0.4, 0.5) is 0 Å². The van der Waals surface area contributed by atoms with Gasteiger partial charge in [0.1, 0.15) is 0 Å². The van der Waals surface area contributed by atoms with Crippen molar-refractivity contribution in [3.8, 4) is 0 Å². The molecule has 2 rings (SSSR count). The van der Waals surface area contributed by atoms with Crippen LogP contribution >= 0.6 is 0 Å². The summed E-state index contributed by atoms with van der Waals surface area (Å²) >= 11 is 0. The van der Waals surface area contributed by atoms with Gasteiger partial charge < -0.3 is 15.0 Å². The summed E-state index contributed by atoms with van der Waals surface area (Å²) in [5, 5.41) is 3.26. The minimum atomic E-state index is 0.0936. The van der Waals surface area contributed by atoms with Crippen molar-refractivity contribution in [3.63, 3.8) is 0 Å². The standard InChI is InChI=1S/C12H18N2O2/c1-9-5-12(15)10(7-14-9)6-13-8-11-3-2-4-16-11/h5,7,11,13H,2-4,6,8H2,1H3,(H,14,15). The summed E-state index contributed by atoms with van der Waals surface area (Å²) in [4.78, 5) is 14.6. The van der Waals surface area contributed by atoms with E-state index in [0.717, 1.165) is 37.3 Å². The van der Waals surface area contributed by atoms with E-state index >= 15 is 0 Å². The van der Waals surface area contributed by atoms with Crippen LogP contribution < -0.4 is 10.7 Å². The summed E-state index contributed by atoms with van der Waals surface area (Å²) in [5.74, 6) is 0. The van der Waals surface area contributed by atoms with Gasteiger partial charge in [-0.15, -0.1) is 0 Å². The Morgan fingerprint density at radius 3 is 3.19 bits per heavy atom. The zero-order valence-electron chi connectivity index (χ0n) is 9.58. The first-order valence-electron chi connectivity index (χ1n) is 5.76. The molecule has 0 aliphatic carbocycles. The van der Waals surface area contributed by atoms with E-state index in [2.05, 4.69) is 10.3 Å². The highest BCUT2D eigenvalue weighted by molar-refractivity contribution is 5.13. The van der Waals surface area contributed by atoms with Crippen LogP contribution in [-0.4, -0.2) is 24.2 Å². The first-order chi connectivity index (χ1) is 7.75. The van der Waals surface area contributed by atoms with Crippen LogP contribution in [0.1, 0.15) is 24.1 Å². The van der Waals surface area contributed by atoms with Gasteiger partial charge in [0.05, 0.1) is 6.10 Å². The molecule has 1 atom stereocenters. The van der Waals surface area contributed by atoms with Crippen LogP contribution in [-0.2, 0) is 11.3 Å². The van der Waals surface area contributed by atoms with Gasteiger partial charge in [0.2, 0.25) is 0 Å². The van der Waals surface area contributed by atoms with Crippen LogP contribution in [0.15, 0.2) is 17.1 Å². The summed E-state index contributed by atoms with van der Waals surface area (Å²) < 4.78 is 5.49. The first-order valence-corrected chi connectivity index (χ1v) is 5.76. The van der Waals surface area contributed by atoms with Crippen molar-refractivity contribution < 1.29 is 4.74 Å². The smallest absolute Gasteiger partial charge is 0.186 e. The normalized spacial score (nSPS) is 20.2. The maximum atomic E-state index is 11.6. The molecule has 0 amide bonds. The summed E-state index contributed by atoms with van der Waals surface area (Å²) in [7, 11) is 0. The average molecular weight is 222 g/mol. The minimum absolute atomic E-state index is 0.0936. The van der Waals surface area contributed by atoms with Gasteiger partial charge in [0.15, 0.2) is 5.43 Å². The highest BCUT2D eigenvalue weighted by Gasteiger charge is 2.14. The monoisotopic (exact) mass is 222 g/mol. The number of H-pyrrole nitrogens is 1. The fourth-order valence-electron chi connectivity index (χ4n) is 1.91. The van der Waals surface area contributed by atoms with Gasteiger partial charge in [-0.2, -0.15) is 0 Å². The zero-order valence-corrected chi connectivity index (χ0v) is 9.58. The molecular weight excluding hydrogens is 204 g/mol. The SMILES string of the molecule is Cc1cc(=O)c(CNCC2CCCO2)c[nH]1. The van der Waals surface area contributed by atoms with Gasteiger partial charge in [-0.25, -0.2) is 0 Å². The van der Waals surface area contributed by atoms with Crippen molar-refractivity contribution in [2.45, 2.75) is 32.4 Å². The molecule has 2 heterocycles. The van der Waals surface area contributed by atoms with Gasteiger partial charge >= 0.3 is 0 Å². The molecule has 0 saturated carbocycles. The number of pyridine rings is 1. The van der Waals surface area contributed by atoms with Gasteiger partial charge in [0.25, 0.3) is 0 Å². The third kappa shape index (κ3) is 2.93. The van der Waals surface area contributed by atoms with E-state index in [0.29, 0.717) is 12.6 Å². The van der Waals surface area contributed by atoms with Crippen molar-refractivity contribution >= 4 is 0 Å². The summed E-state index contributed by atoms with van der Waals surface area (Å²) in [6.07, 6.45) is 4.37. The molecule has 0 spiro atoms. The van der Waals surface area contributed by atoms with E-state index in [4.69, 9.17) is 4.74 Å². The largest absolute Gasteiger partial charge is 0.377 e. The molecule has 1 unspecified atom stereocenters. The average Bonchev–Trinajstić information content (AvgIpc) is 2.74. The lowest BCUT2D eigenvalue weighted by atomic mass is 10.2. The molecular formula is C12H18N2O2. The van der Waals surface area contributed by atoms with Crippen molar-refractivity contribution in [1.82, 2.24) is 10.3 Å². The van der Waals surface area contributed by atoms with Crippen molar-refractivity contribution in [2.24, 2.45) is 0 Å². The first kappa shape index (κ1) is 11.4. The molecule has 2 N–H and O–H groups in total. The van der Waals surface area contributed by atoms with Crippen molar-refractivity contribution in [3.05, 3.63) is 33.7 Å². The Bertz CT molecular complexity index is 394. The number of hydrogen-bond acceptors (Lipinski definition) is 3. The van der Waals surface area contributed by atoms with Crippen LogP contribution in [0.3, 0.4) is 0 Å². The topological polar surface area (TPSA) is 54.1 Å². The molecule has 4 nitrogen and oxygen atoms in total. The van der Waals surface area contributed by atoms with Crippen LogP contribution in [0.5, 0.6) is 0 Å². The molecule has 1 aliphatic heterocycles. The van der Waals surface area contributed by atoms with Crippen LogP contribution in [0.2, 0.25) is 0 Å². The molecule has 16 heavy (non-hydrogen) atoms. The number of rotatable bonds is 4. The molecule has 1 aromatic rings. The van der Waals surface area contributed by atoms with Crippen LogP contribution in [0.25, 0.3) is 0 Å². The molecule has 1 aromatic heterocycles. The van der Waals surface area contributed by atoms with E-state index in [-0.39, 0.29) is 5.43 Å². The molecule has 88 valence electrons.